The maximum absolute atomic E-state index is 13.1. The number of sulfonamides is 1. The predicted octanol–water partition coefficient (Wildman–Crippen LogP) is 2.05. The molecule has 0 aromatic heterocycles. The summed E-state index contributed by atoms with van der Waals surface area (Å²) in [6.07, 6.45) is 0.405. The SMILES string of the molecule is COC(=O)CCCN(C)S(=O)(=O)c1cc(F)ccc1Cl. The first-order chi connectivity index (χ1) is 9.28. The zero-order valence-corrected chi connectivity index (χ0v) is 12.7. The molecule has 0 aliphatic rings. The van der Waals surface area contributed by atoms with Crippen molar-refractivity contribution >= 4 is 27.6 Å². The van der Waals surface area contributed by atoms with Gasteiger partial charge in [0.05, 0.1) is 12.1 Å². The normalized spacial score (nSPS) is 11.7. The van der Waals surface area contributed by atoms with Crippen LogP contribution in [0, 0.1) is 5.82 Å². The van der Waals surface area contributed by atoms with Gasteiger partial charge in [-0.25, -0.2) is 17.1 Å². The van der Waals surface area contributed by atoms with E-state index in [1.165, 1.54) is 20.2 Å². The van der Waals surface area contributed by atoms with Crippen LogP contribution in [0.4, 0.5) is 4.39 Å². The first kappa shape index (κ1) is 16.9. The Bertz CT molecular complexity index is 591. The molecule has 0 aliphatic carbocycles. The number of ether oxygens (including phenoxy) is 1. The monoisotopic (exact) mass is 323 g/mol. The maximum atomic E-state index is 13.1. The fourth-order valence-electron chi connectivity index (χ4n) is 1.51. The van der Waals surface area contributed by atoms with Crippen molar-refractivity contribution in [2.75, 3.05) is 20.7 Å². The van der Waals surface area contributed by atoms with Gasteiger partial charge in [0.1, 0.15) is 10.7 Å². The standard InChI is InChI=1S/C12H15ClFNO4S/c1-15(7-3-4-12(16)19-2)20(17,18)11-8-9(14)5-6-10(11)13/h5-6,8H,3-4,7H2,1-2H3. The van der Waals surface area contributed by atoms with Gasteiger partial charge >= 0.3 is 5.97 Å². The minimum atomic E-state index is -3.89. The van der Waals surface area contributed by atoms with E-state index >= 15 is 0 Å². The number of methoxy groups -OCH3 is 1. The number of esters is 1. The van der Waals surface area contributed by atoms with Gasteiger partial charge in [0.15, 0.2) is 0 Å². The molecule has 5 nitrogen and oxygen atoms in total. The van der Waals surface area contributed by atoms with Crippen LogP contribution in [-0.2, 0) is 19.6 Å². The summed E-state index contributed by atoms with van der Waals surface area (Å²) in [5.74, 6) is -1.10. The topological polar surface area (TPSA) is 63.7 Å². The van der Waals surface area contributed by atoms with E-state index in [0.717, 1.165) is 16.4 Å². The van der Waals surface area contributed by atoms with E-state index in [-0.39, 0.29) is 22.9 Å². The van der Waals surface area contributed by atoms with E-state index in [0.29, 0.717) is 6.42 Å². The van der Waals surface area contributed by atoms with Crippen molar-refractivity contribution in [2.24, 2.45) is 0 Å². The molecule has 0 bridgehead atoms. The van der Waals surface area contributed by atoms with Crippen molar-refractivity contribution in [1.82, 2.24) is 4.31 Å². The number of carbonyl (C=O) groups is 1. The fraction of sp³-hybridized carbons (Fsp3) is 0.417. The summed E-state index contributed by atoms with van der Waals surface area (Å²) in [4.78, 5) is 10.7. The lowest BCUT2D eigenvalue weighted by Crippen LogP contribution is -2.28. The van der Waals surface area contributed by atoms with E-state index in [1.807, 2.05) is 0 Å². The van der Waals surface area contributed by atoms with Crippen LogP contribution in [0.15, 0.2) is 23.1 Å². The van der Waals surface area contributed by atoms with Crippen LogP contribution in [0.1, 0.15) is 12.8 Å². The molecule has 0 radical (unpaired) electrons. The molecule has 8 heteroatoms. The Morgan fingerprint density at radius 2 is 2.10 bits per heavy atom. The van der Waals surface area contributed by atoms with Gasteiger partial charge in [-0.3, -0.25) is 4.79 Å². The van der Waals surface area contributed by atoms with Gasteiger partial charge in [-0.15, -0.1) is 0 Å². The molecule has 0 N–H and O–H groups in total. The first-order valence-electron chi connectivity index (χ1n) is 5.77. The lowest BCUT2D eigenvalue weighted by atomic mass is 10.3. The van der Waals surface area contributed by atoms with Crippen LogP contribution in [0.2, 0.25) is 5.02 Å². The summed E-state index contributed by atoms with van der Waals surface area (Å²) >= 11 is 5.79. The molecule has 0 fully saturated rings. The number of carbonyl (C=O) groups excluding carboxylic acids is 1. The fourth-order valence-corrected chi connectivity index (χ4v) is 3.20. The Hall–Kier alpha value is -1.18. The molecular formula is C12H15ClFNO4S. The molecule has 112 valence electrons. The van der Waals surface area contributed by atoms with Crippen LogP contribution in [-0.4, -0.2) is 39.4 Å². The van der Waals surface area contributed by atoms with Crippen molar-refractivity contribution in [1.29, 1.82) is 0 Å². The molecule has 0 saturated carbocycles. The molecule has 0 amide bonds. The molecule has 0 heterocycles. The zero-order valence-electron chi connectivity index (χ0n) is 11.1. The second kappa shape index (κ2) is 7.01. The van der Waals surface area contributed by atoms with Gasteiger partial charge in [-0.05, 0) is 24.6 Å². The molecule has 0 unspecified atom stereocenters. The largest absolute Gasteiger partial charge is 0.469 e. The second-order valence-electron chi connectivity index (χ2n) is 4.08. The third-order valence-corrected chi connectivity index (χ3v) is 5.00. The average molecular weight is 324 g/mol. The quantitative estimate of drug-likeness (QED) is 0.752. The third kappa shape index (κ3) is 4.16. The number of nitrogens with zero attached hydrogens (tertiary/aromatic N) is 1. The summed E-state index contributed by atoms with van der Waals surface area (Å²) in [5, 5.41) is -0.0498. The first-order valence-corrected chi connectivity index (χ1v) is 7.59. The van der Waals surface area contributed by atoms with E-state index in [1.54, 1.807) is 0 Å². The van der Waals surface area contributed by atoms with Crippen LogP contribution in [0.25, 0.3) is 0 Å². The molecule has 0 aliphatic heterocycles. The smallest absolute Gasteiger partial charge is 0.305 e. The molecule has 1 rings (SSSR count). The van der Waals surface area contributed by atoms with Gasteiger partial charge in [0, 0.05) is 20.0 Å². The highest BCUT2D eigenvalue weighted by Crippen LogP contribution is 2.24. The van der Waals surface area contributed by atoms with Crippen molar-refractivity contribution in [3.8, 4) is 0 Å². The van der Waals surface area contributed by atoms with E-state index in [2.05, 4.69) is 4.74 Å². The van der Waals surface area contributed by atoms with E-state index in [4.69, 9.17) is 11.6 Å². The van der Waals surface area contributed by atoms with Crippen LogP contribution < -0.4 is 0 Å². The summed E-state index contributed by atoms with van der Waals surface area (Å²) in [6, 6.07) is 3.14. The van der Waals surface area contributed by atoms with Crippen molar-refractivity contribution in [2.45, 2.75) is 17.7 Å². The predicted molar refractivity (Wildman–Crippen MR) is 72.5 cm³/mol. The Morgan fingerprint density at radius 1 is 1.45 bits per heavy atom. The highest BCUT2D eigenvalue weighted by Gasteiger charge is 2.24. The van der Waals surface area contributed by atoms with Gasteiger partial charge in [-0.1, -0.05) is 11.6 Å². The molecule has 0 spiro atoms. The second-order valence-corrected chi connectivity index (χ2v) is 6.50. The zero-order chi connectivity index (χ0) is 15.3. The summed E-state index contributed by atoms with van der Waals surface area (Å²) < 4.78 is 43.0. The lowest BCUT2D eigenvalue weighted by molar-refractivity contribution is -0.140. The Kier molecular flexibility index (Phi) is 5.91. The molecule has 0 atom stereocenters. The van der Waals surface area contributed by atoms with Gasteiger partial charge in [0.2, 0.25) is 10.0 Å². The van der Waals surface area contributed by atoms with Crippen molar-refractivity contribution < 1.29 is 22.3 Å². The highest BCUT2D eigenvalue weighted by molar-refractivity contribution is 7.89. The minimum Gasteiger partial charge on any atom is -0.469 e. The Labute approximate surface area is 122 Å². The highest BCUT2D eigenvalue weighted by atomic mass is 35.5. The van der Waals surface area contributed by atoms with Crippen LogP contribution >= 0.6 is 11.6 Å². The minimum absolute atomic E-state index is 0.0498. The Morgan fingerprint density at radius 3 is 2.70 bits per heavy atom. The van der Waals surface area contributed by atoms with E-state index < -0.39 is 21.8 Å². The van der Waals surface area contributed by atoms with Crippen LogP contribution in [0.5, 0.6) is 0 Å². The molecule has 0 saturated heterocycles. The third-order valence-electron chi connectivity index (χ3n) is 2.66. The molecule has 1 aromatic carbocycles. The average Bonchev–Trinajstić information content (AvgIpc) is 2.40. The number of hydrogen-bond acceptors (Lipinski definition) is 4. The van der Waals surface area contributed by atoms with Gasteiger partial charge < -0.3 is 4.74 Å². The summed E-state index contributed by atoms with van der Waals surface area (Å²) in [6.45, 7) is 0.101. The van der Waals surface area contributed by atoms with Gasteiger partial charge in [-0.2, -0.15) is 0 Å². The van der Waals surface area contributed by atoms with E-state index in [9.17, 15) is 17.6 Å². The molecule has 20 heavy (non-hydrogen) atoms. The Balaban J connectivity index is 2.82. The maximum Gasteiger partial charge on any atom is 0.305 e. The van der Waals surface area contributed by atoms with Crippen molar-refractivity contribution in [3.05, 3.63) is 29.0 Å². The summed E-state index contributed by atoms with van der Waals surface area (Å²) in [7, 11) is -1.29. The lowest BCUT2D eigenvalue weighted by Gasteiger charge is -2.17. The number of halogens is 2. The number of benzene rings is 1. The van der Waals surface area contributed by atoms with Crippen LogP contribution in [0.3, 0.4) is 0 Å². The summed E-state index contributed by atoms with van der Waals surface area (Å²) in [5.41, 5.74) is 0. The molecule has 1 aromatic rings. The number of rotatable bonds is 6. The number of hydrogen-bond donors (Lipinski definition) is 0. The molecular weight excluding hydrogens is 309 g/mol. The van der Waals surface area contributed by atoms with Gasteiger partial charge in [0.25, 0.3) is 0 Å². The van der Waals surface area contributed by atoms with Crippen molar-refractivity contribution in [3.63, 3.8) is 0 Å².